The second-order valence-electron chi connectivity index (χ2n) is 0.898. The molecular weight excluding hydrogens is 120 g/mol. The first-order chi connectivity index (χ1) is 3.18. The molecule has 1 atom stereocenters. The third-order valence-corrected chi connectivity index (χ3v) is 1.09. The SMILES string of the molecule is CC(=O)[P+](=O)NF. The van der Waals surface area contributed by atoms with Gasteiger partial charge in [-0.3, -0.25) is 0 Å². The smallest absolute Gasteiger partial charge is 0.238 e. The lowest BCUT2D eigenvalue weighted by molar-refractivity contribution is -0.110. The molecule has 0 aromatic rings. The molecule has 7 heavy (non-hydrogen) atoms. The van der Waals surface area contributed by atoms with Crippen LogP contribution in [-0.4, -0.2) is 5.52 Å². The Morgan fingerprint density at radius 1 is 1.86 bits per heavy atom. The molecule has 0 amide bonds. The van der Waals surface area contributed by atoms with Gasteiger partial charge in [-0.1, -0.05) is 4.48 Å². The van der Waals surface area contributed by atoms with E-state index in [1.54, 1.807) is 0 Å². The zero-order valence-corrected chi connectivity index (χ0v) is 4.54. The molecular formula is C2H4FNO2P+. The van der Waals surface area contributed by atoms with Gasteiger partial charge in [0.05, 0.1) is 5.31 Å². The van der Waals surface area contributed by atoms with Crippen molar-refractivity contribution < 1.29 is 13.8 Å². The van der Waals surface area contributed by atoms with Crippen molar-refractivity contribution >= 4 is 13.5 Å². The zero-order chi connectivity index (χ0) is 5.86. The van der Waals surface area contributed by atoms with Gasteiger partial charge in [-0.15, -0.1) is 0 Å². The lowest BCUT2D eigenvalue weighted by Gasteiger charge is -1.64. The Labute approximate surface area is 40.7 Å². The number of hydrogen-bond acceptors (Lipinski definition) is 2. The van der Waals surface area contributed by atoms with Crippen LogP contribution in [0.2, 0.25) is 0 Å². The number of halogens is 1. The maximum Gasteiger partial charge on any atom is 0.539 e. The maximum absolute atomic E-state index is 10.9. The van der Waals surface area contributed by atoms with Crippen LogP contribution in [0.1, 0.15) is 6.92 Å². The van der Waals surface area contributed by atoms with E-state index in [0.717, 1.165) is 12.2 Å². The minimum absolute atomic E-state index is 0.683. The summed E-state index contributed by atoms with van der Waals surface area (Å²) in [7, 11) is -2.44. The second-order valence-corrected chi connectivity index (χ2v) is 2.29. The van der Waals surface area contributed by atoms with Gasteiger partial charge in [-0.2, -0.15) is 0 Å². The molecule has 0 radical (unpaired) electrons. The molecule has 0 bridgehead atoms. The minimum Gasteiger partial charge on any atom is -0.238 e. The third-order valence-electron chi connectivity index (χ3n) is 0.363. The van der Waals surface area contributed by atoms with E-state index >= 15 is 0 Å². The number of rotatable bonds is 2. The van der Waals surface area contributed by atoms with Crippen LogP contribution in [0.3, 0.4) is 0 Å². The molecule has 0 aliphatic carbocycles. The summed E-state index contributed by atoms with van der Waals surface area (Å²) >= 11 is 0. The summed E-state index contributed by atoms with van der Waals surface area (Å²) in [6, 6.07) is 0. The van der Waals surface area contributed by atoms with Crippen molar-refractivity contribution in [3.8, 4) is 0 Å². The molecule has 1 N–H and O–H groups in total. The van der Waals surface area contributed by atoms with E-state index in [1.165, 1.54) is 0 Å². The van der Waals surface area contributed by atoms with Crippen LogP contribution >= 0.6 is 7.95 Å². The normalized spacial score (nSPS) is 10.9. The summed E-state index contributed by atoms with van der Waals surface area (Å²) in [4.78, 5) is 9.79. The summed E-state index contributed by atoms with van der Waals surface area (Å²) in [6.45, 7) is 1.05. The van der Waals surface area contributed by atoms with Crippen molar-refractivity contribution in [2.24, 2.45) is 0 Å². The quantitative estimate of drug-likeness (QED) is 0.436. The third kappa shape index (κ3) is 2.37. The Bertz CT molecular complexity index is 104. The molecule has 0 aliphatic rings. The predicted molar refractivity (Wildman–Crippen MR) is 22.5 cm³/mol. The van der Waals surface area contributed by atoms with Crippen molar-refractivity contribution in [2.75, 3.05) is 0 Å². The van der Waals surface area contributed by atoms with E-state index in [0.29, 0.717) is 0 Å². The van der Waals surface area contributed by atoms with Gasteiger partial charge in [-0.05, 0) is 4.57 Å². The Morgan fingerprint density at radius 3 is 2.29 bits per heavy atom. The molecule has 0 fully saturated rings. The highest BCUT2D eigenvalue weighted by atomic mass is 31.1. The number of nitrogens with one attached hydrogen (secondary N) is 1. The fraction of sp³-hybridized carbons (Fsp3) is 0.500. The Morgan fingerprint density at radius 2 is 2.29 bits per heavy atom. The van der Waals surface area contributed by atoms with Gasteiger partial charge in [0.2, 0.25) is 0 Å². The molecule has 0 aromatic carbocycles. The Kier molecular flexibility index (Phi) is 2.64. The largest absolute Gasteiger partial charge is 0.539 e. The van der Waals surface area contributed by atoms with E-state index < -0.39 is 13.5 Å². The number of carbonyl (C=O) groups excluding carboxylic acids is 1. The van der Waals surface area contributed by atoms with Crippen molar-refractivity contribution in [1.82, 2.24) is 5.31 Å². The Balaban J connectivity index is 3.58. The van der Waals surface area contributed by atoms with Crippen molar-refractivity contribution in [2.45, 2.75) is 6.92 Å². The van der Waals surface area contributed by atoms with E-state index in [-0.39, 0.29) is 0 Å². The van der Waals surface area contributed by atoms with Crippen LogP contribution < -0.4 is 5.31 Å². The fourth-order valence-corrected chi connectivity index (χ4v) is 0.179. The molecule has 0 heterocycles. The highest BCUT2D eigenvalue weighted by Gasteiger charge is 2.21. The second kappa shape index (κ2) is 2.77. The first-order valence-corrected chi connectivity index (χ1v) is 2.78. The molecule has 0 aromatic heterocycles. The molecule has 0 saturated carbocycles. The maximum atomic E-state index is 10.9. The van der Waals surface area contributed by atoms with Gasteiger partial charge in [0.15, 0.2) is 0 Å². The van der Waals surface area contributed by atoms with Crippen LogP contribution in [0.25, 0.3) is 0 Å². The summed E-state index contributed by atoms with van der Waals surface area (Å²) in [5.74, 6) is 0. The summed E-state index contributed by atoms with van der Waals surface area (Å²) in [5.41, 5.74) is -0.683. The molecule has 5 heteroatoms. The van der Waals surface area contributed by atoms with Crippen LogP contribution in [0.4, 0.5) is 4.48 Å². The highest BCUT2D eigenvalue weighted by molar-refractivity contribution is 7.61. The van der Waals surface area contributed by atoms with Gasteiger partial charge >= 0.3 is 13.5 Å². The molecule has 0 spiro atoms. The van der Waals surface area contributed by atoms with Gasteiger partial charge in [0.1, 0.15) is 0 Å². The van der Waals surface area contributed by atoms with E-state index in [9.17, 15) is 13.8 Å². The van der Waals surface area contributed by atoms with Crippen LogP contribution in [-0.2, 0) is 9.36 Å². The highest BCUT2D eigenvalue weighted by Crippen LogP contribution is 2.13. The van der Waals surface area contributed by atoms with E-state index in [4.69, 9.17) is 0 Å². The van der Waals surface area contributed by atoms with Crippen LogP contribution in [0.5, 0.6) is 0 Å². The standard InChI is InChI=1S/C2H4FNO2P/c1-2(5)7(6)4-3/h1H3,(H,4,6)/q+1. The first kappa shape index (κ1) is 6.66. The molecule has 0 rings (SSSR count). The van der Waals surface area contributed by atoms with Gasteiger partial charge in [-0.25, -0.2) is 4.79 Å². The van der Waals surface area contributed by atoms with E-state index in [1.807, 2.05) is 0 Å². The van der Waals surface area contributed by atoms with Crippen molar-refractivity contribution in [3.63, 3.8) is 0 Å². The summed E-state index contributed by atoms with van der Waals surface area (Å²) in [5, 5.41) is 0.824. The van der Waals surface area contributed by atoms with Crippen molar-refractivity contribution in [3.05, 3.63) is 0 Å². The number of carbonyl (C=O) groups is 1. The van der Waals surface area contributed by atoms with Gasteiger partial charge in [0.25, 0.3) is 0 Å². The summed E-state index contributed by atoms with van der Waals surface area (Å²) < 4.78 is 20.7. The lowest BCUT2D eigenvalue weighted by atomic mass is 10.9. The molecule has 0 saturated heterocycles. The van der Waals surface area contributed by atoms with Crippen LogP contribution in [0, 0.1) is 0 Å². The molecule has 40 valence electrons. The van der Waals surface area contributed by atoms with Gasteiger partial charge < -0.3 is 0 Å². The minimum atomic E-state index is -2.44. The molecule has 3 nitrogen and oxygen atoms in total. The predicted octanol–water partition coefficient (Wildman–Crippen LogP) is 0.749. The van der Waals surface area contributed by atoms with E-state index in [2.05, 4.69) is 0 Å². The molecule has 1 unspecified atom stereocenters. The van der Waals surface area contributed by atoms with Crippen LogP contribution in [0.15, 0.2) is 0 Å². The monoisotopic (exact) mass is 124 g/mol. The summed E-state index contributed by atoms with van der Waals surface area (Å²) in [6.07, 6.45) is 0. The zero-order valence-electron chi connectivity index (χ0n) is 3.64. The topological polar surface area (TPSA) is 46.2 Å². The fourth-order valence-electron chi connectivity index (χ4n) is 0.0595. The molecule has 0 aliphatic heterocycles. The first-order valence-electron chi connectivity index (χ1n) is 1.52. The average Bonchev–Trinajstić information content (AvgIpc) is 1.65. The Hall–Kier alpha value is -0.340. The van der Waals surface area contributed by atoms with Crippen molar-refractivity contribution in [1.29, 1.82) is 0 Å². The number of hydrogen-bond donors (Lipinski definition) is 1. The average molecular weight is 124 g/mol. The lowest BCUT2D eigenvalue weighted by Crippen LogP contribution is -1.90. The van der Waals surface area contributed by atoms with Gasteiger partial charge in [0, 0.05) is 6.92 Å².